The van der Waals surface area contributed by atoms with Crippen molar-refractivity contribution in [2.75, 3.05) is 6.61 Å². The molecule has 1 aromatic rings. The largest absolute Gasteiger partial charge is 0.394 e. The molecule has 0 aromatic heterocycles. The lowest BCUT2D eigenvalue weighted by Gasteiger charge is -2.32. The van der Waals surface area contributed by atoms with Crippen molar-refractivity contribution < 1.29 is 5.11 Å². The molecule has 2 nitrogen and oxygen atoms in total. The van der Waals surface area contributed by atoms with Gasteiger partial charge < -0.3 is 10.4 Å². The Morgan fingerprint density at radius 3 is 2.00 bits per heavy atom. The lowest BCUT2D eigenvalue weighted by molar-refractivity contribution is 0.166. The van der Waals surface area contributed by atoms with Crippen molar-refractivity contribution >= 4 is 0 Å². The average molecular weight is 235 g/mol. The fourth-order valence-electron chi connectivity index (χ4n) is 2.09. The zero-order valence-electron chi connectivity index (χ0n) is 11.6. The highest BCUT2D eigenvalue weighted by Gasteiger charge is 2.26. The van der Waals surface area contributed by atoms with Crippen molar-refractivity contribution in [1.29, 1.82) is 0 Å². The van der Waals surface area contributed by atoms with Gasteiger partial charge in [-0.2, -0.15) is 0 Å². The van der Waals surface area contributed by atoms with Crippen LogP contribution in [0.25, 0.3) is 0 Å². The predicted molar refractivity (Wildman–Crippen MR) is 73.2 cm³/mol. The standard InChI is InChI=1S/C15H25NO/c1-11(2)13-6-8-14(9-7-13)15(5,10-17)16-12(3)4/h6-9,11-12,16-17H,10H2,1-5H3. The van der Waals surface area contributed by atoms with Crippen molar-refractivity contribution in [3.63, 3.8) is 0 Å². The maximum absolute atomic E-state index is 9.60. The number of rotatable bonds is 5. The molecule has 0 aliphatic rings. The van der Waals surface area contributed by atoms with Crippen LogP contribution in [-0.4, -0.2) is 17.8 Å². The summed E-state index contributed by atoms with van der Waals surface area (Å²) in [6, 6.07) is 8.87. The molecule has 96 valence electrons. The number of nitrogens with one attached hydrogen (secondary N) is 1. The van der Waals surface area contributed by atoms with Crippen LogP contribution in [0.1, 0.15) is 51.7 Å². The van der Waals surface area contributed by atoms with Gasteiger partial charge in [-0.05, 0) is 37.8 Å². The molecule has 1 unspecified atom stereocenters. The second-order valence-corrected chi connectivity index (χ2v) is 5.57. The number of hydrogen-bond acceptors (Lipinski definition) is 2. The zero-order chi connectivity index (χ0) is 13.1. The Hall–Kier alpha value is -0.860. The minimum atomic E-state index is -0.357. The summed E-state index contributed by atoms with van der Waals surface area (Å²) < 4.78 is 0. The average Bonchev–Trinajstić information content (AvgIpc) is 2.28. The van der Waals surface area contributed by atoms with Crippen LogP contribution in [0.4, 0.5) is 0 Å². The normalized spacial score (nSPS) is 15.3. The van der Waals surface area contributed by atoms with Crippen LogP contribution in [0.5, 0.6) is 0 Å². The van der Waals surface area contributed by atoms with Crippen molar-refractivity contribution in [3.05, 3.63) is 35.4 Å². The Balaban J connectivity index is 2.96. The molecule has 0 saturated heterocycles. The van der Waals surface area contributed by atoms with Gasteiger partial charge in [0.05, 0.1) is 12.1 Å². The molecule has 0 fully saturated rings. The monoisotopic (exact) mass is 235 g/mol. The molecule has 1 aromatic carbocycles. The third-order valence-electron chi connectivity index (χ3n) is 3.14. The minimum absolute atomic E-state index is 0.103. The van der Waals surface area contributed by atoms with Gasteiger partial charge in [0.15, 0.2) is 0 Å². The molecule has 0 aliphatic carbocycles. The van der Waals surface area contributed by atoms with Crippen LogP contribution in [0.3, 0.4) is 0 Å². The van der Waals surface area contributed by atoms with E-state index in [9.17, 15) is 5.11 Å². The summed E-state index contributed by atoms with van der Waals surface area (Å²) in [5.41, 5.74) is 2.11. The van der Waals surface area contributed by atoms with E-state index < -0.39 is 0 Å². The van der Waals surface area contributed by atoms with E-state index in [0.29, 0.717) is 12.0 Å². The van der Waals surface area contributed by atoms with Crippen LogP contribution >= 0.6 is 0 Å². The van der Waals surface area contributed by atoms with Gasteiger partial charge in [-0.1, -0.05) is 38.1 Å². The van der Waals surface area contributed by atoms with Crippen LogP contribution < -0.4 is 5.32 Å². The van der Waals surface area contributed by atoms with E-state index >= 15 is 0 Å². The Morgan fingerprint density at radius 2 is 1.65 bits per heavy atom. The van der Waals surface area contributed by atoms with Gasteiger partial charge in [0.2, 0.25) is 0 Å². The fraction of sp³-hybridized carbons (Fsp3) is 0.600. The SMILES string of the molecule is CC(C)NC(C)(CO)c1ccc(C(C)C)cc1. The minimum Gasteiger partial charge on any atom is -0.394 e. The Kier molecular flexibility index (Phi) is 4.72. The van der Waals surface area contributed by atoms with E-state index in [-0.39, 0.29) is 12.1 Å². The molecule has 2 N–H and O–H groups in total. The summed E-state index contributed by atoms with van der Waals surface area (Å²) in [5, 5.41) is 13.0. The Labute approximate surface area is 105 Å². The molecule has 0 spiro atoms. The van der Waals surface area contributed by atoms with Crippen LogP contribution in [0.2, 0.25) is 0 Å². The first-order chi connectivity index (χ1) is 7.89. The number of aliphatic hydroxyl groups is 1. The van der Waals surface area contributed by atoms with Gasteiger partial charge in [0, 0.05) is 6.04 Å². The van der Waals surface area contributed by atoms with Gasteiger partial charge >= 0.3 is 0 Å². The van der Waals surface area contributed by atoms with E-state index in [1.54, 1.807) is 0 Å². The highest BCUT2D eigenvalue weighted by molar-refractivity contribution is 5.29. The summed E-state index contributed by atoms with van der Waals surface area (Å²) in [7, 11) is 0. The molecule has 0 saturated carbocycles. The number of hydrogen-bond donors (Lipinski definition) is 2. The summed E-state index contributed by atoms with van der Waals surface area (Å²) >= 11 is 0. The molecule has 2 heteroatoms. The first kappa shape index (κ1) is 14.2. The maximum Gasteiger partial charge on any atom is 0.0652 e. The van der Waals surface area contributed by atoms with E-state index in [1.165, 1.54) is 5.56 Å². The highest BCUT2D eigenvalue weighted by atomic mass is 16.3. The summed E-state index contributed by atoms with van der Waals surface area (Å²) in [6.45, 7) is 10.7. The molecular weight excluding hydrogens is 210 g/mol. The molecule has 0 amide bonds. The van der Waals surface area contributed by atoms with Crippen molar-refractivity contribution in [3.8, 4) is 0 Å². The predicted octanol–water partition coefficient (Wildman–Crippen LogP) is 3.02. The van der Waals surface area contributed by atoms with E-state index in [4.69, 9.17) is 0 Å². The first-order valence-corrected chi connectivity index (χ1v) is 6.38. The van der Waals surface area contributed by atoms with Gasteiger partial charge in [-0.25, -0.2) is 0 Å². The third kappa shape index (κ3) is 3.55. The van der Waals surface area contributed by atoms with Gasteiger partial charge in [0.25, 0.3) is 0 Å². The molecule has 17 heavy (non-hydrogen) atoms. The summed E-state index contributed by atoms with van der Waals surface area (Å²) in [6.07, 6.45) is 0. The van der Waals surface area contributed by atoms with E-state index in [1.807, 2.05) is 6.92 Å². The molecule has 0 radical (unpaired) electrons. The maximum atomic E-state index is 9.60. The van der Waals surface area contributed by atoms with Crippen molar-refractivity contribution in [2.45, 2.75) is 52.1 Å². The molecule has 0 heterocycles. The first-order valence-electron chi connectivity index (χ1n) is 6.38. The Morgan fingerprint density at radius 1 is 1.12 bits per heavy atom. The quantitative estimate of drug-likeness (QED) is 0.822. The molecule has 0 bridgehead atoms. The van der Waals surface area contributed by atoms with Gasteiger partial charge in [0.1, 0.15) is 0 Å². The van der Waals surface area contributed by atoms with Crippen molar-refractivity contribution in [1.82, 2.24) is 5.32 Å². The number of benzene rings is 1. The third-order valence-corrected chi connectivity index (χ3v) is 3.14. The van der Waals surface area contributed by atoms with Crippen LogP contribution in [0, 0.1) is 0 Å². The molecule has 1 atom stereocenters. The second kappa shape index (κ2) is 5.65. The Bertz CT molecular complexity index is 342. The van der Waals surface area contributed by atoms with Gasteiger partial charge in [-0.3, -0.25) is 0 Å². The molecular formula is C15H25NO. The molecule has 1 rings (SSSR count). The summed E-state index contributed by atoms with van der Waals surface area (Å²) in [5.74, 6) is 0.544. The second-order valence-electron chi connectivity index (χ2n) is 5.57. The highest BCUT2D eigenvalue weighted by Crippen LogP contribution is 2.23. The van der Waals surface area contributed by atoms with Gasteiger partial charge in [-0.15, -0.1) is 0 Å². The topological polar surface area (TPSA) is 32.3 Å². The van der Waals surface area contributed by atoms with E-state index in [2.05, 4.69) is 57.3 Å². The summed E-state index contributed by atoms with van der Waals surface area (Å²) in [4.78, 5) is 0. The lowest BCUT2D eigenvalue weighted by Crippen LogP contribution is -2.46. The fourth-order valence-corrected chi connectivity index (χ4v) is 2.09. The van der Waals surface area contributed by atoms with Crippen LogP contribution in [-0.2, 0) is 5.54 Å². The van der Waals surface area contributed by atoms with Crippen LogP contribution in [0.15, 0.2) is 24.3 Å². The molecule has 0 aliphatic heterocycles. The van der Waals surface area contributed by atoms with E-state index in [0.717, 1.165) is 5.56 Å². The lowest BCUT2D eigenvalue weighted by atomic mass is 9.90. The number of aliphatic hydroxyl groups excluding tert-OH is 1. The smallest absolute Gasteiger partial charge is 0.0652 e. The zero-order valence-corrected chi connectivity index (χ0v) is 11.6. The van der Waals surface area contributed by atoms with Crippen molar-refractivity contribution in [2.24, 2.45) is 0 Å².